The molecule has 22 heavy (non-hydrogen) atoms. The largest absolute Gasteiger partial charge is 0.462 e. The van der Waals surface area contributed by atoms with Crippen molar-refractivity contribution in [2.24, 2.45) is 5.92 Å². The Labute approximate surface area is 135 Å². The van der Waals surface area contributed by atoms with E-state index in [0.717, 1.165) is 22.9 Å². The second-order valence-electron chi connectivity index (χ2n) is 6.23. The second-order valence-corrected chi connectivity index (χ2v) is 8.23. The molecular weight excluding hydrogens is 296 g/mol. The first-order valence-electron chi connectivity index (χ1n) is 8.16. The molecule has 0 fully saturated rings. The van der Waals surface area contributed by atoms with Crippen LogP contribution in [0.3, 0.4) is 0 Å². The van der Waals surface area contributed by atoms with Crippen molar-refractivity contribution in [3.05, 3.63) is 23.8 Å². The summed E-state index contributed by atoms with van der Waals surface area (Å²) in [7, 11) is -1.81. The fourth-order valence-electron chi connectivity index (χ4n) is 2.84. The third-order valence-corrected chi connectivity index (χ3v) is 5.81. The average Bonchev–Trinajstić information content (AvgIpc) is 2.45. The van der Waals surface area contributed by atoms with Crippen molar-refractivity contribution in [1.29, 1.82) is 0 Å². The Kier molecular flexibility index (Phi) is 6.03. The third kappa shape index (κ3) is 4.32. The maximum absolute atomic E-state index is 6.10. The van der Waals surface area contributed by atoms with Crippen LogP contribution in [0.25, 0.3) is 0 Å². The fraction of sp³-hybridized carbons (Fsp3) is 0.647. The number of hydrogen-bond acceptors (Lipinski definition) is 4. The molecule has 124 valence electrons. The molecule has 1 aliphatic heterocycles. The molecule has 5 heteroatoms. The SMILES string of the molecule is CCO[SiH](OCC)c1ccc2c(c1)COC(C)(CC(C)C)O2. The van der Waals surface area contributed by atoms with Crippen LogP contribution in [-0.2, 0) is 20.2 Å². The maximum Gasteiger partial charge on any atom is 0.355 e. The van der Waals surface area contributed by atoms with E-state index in [1.54, 1.807) is 0 Å². The van der Waals surface area contributed by atoms with Gasteiger partial charge in [0.15, 0.2) is 0 Å². The predicted octanol–water partition coefficient (Wildman–Crippen LogP) is 2.86. The van der Waals surface area contributed by atoms with Gasteiger partial charge in [0, 0.05) is 32.1 Å². The van der Waals surface area contributed by atoms with Crippen molar-refractivity contribution >= 4 is 14.5 Å². The molecule has 0 N–H and O–H groups in total. The van der Waals surface area contributed by atoms with Crippen molar-refractivity contribution in [3.63, 3.8) is 0 Å². The van der Waals surface area contributed by atoms with Crippen LogP contribution in [-0.4, -0.2) is 28.3 Å². The first-order chi connectivity index (χ1) is 10.5. The molecule has 2 rings (SSSR count). The first kappa shape index (κ1) is 17.5. The van der Waals surface area contributed by atoms with Crippen LogP contribution in [0, 0.1) is 5.92 Å². The van der Waals surface area contributed by atoms with Crippen LogP contribution >= 0.6 is 0 Å². The maximum atomic E-state index is 6.10. The molecule has 1 aromatic carbocycles. The van der Waals surface area contributed by atoms with Crippen molar-refractivity contribution in [2.45, 2.75) is 53.4 Å². The van der Waals surface area contributed by atoms with Gasteiger partial charge < -0.3 is 18.3 Å². The van der Waals surface area contributed by atoms with Gasteiger partial charge in [0.1, 0.15) is 5.75 Å². The minimum Gasteiger partial charge on any atom is -0.462 e. The minimum atomic E-state index is -1.81. The van der Waals surface area contributed by atoms with E-state index in [2.05, 4.69) is 26.0 Å². The van der Waals surface area contributed by atoms with Crippen molar-refractivity contribution < 1.29 is 18.3 Å². The van der Waals surface area contributed by atoms with Crippen molar-refractivity contribution in [2.75, 3.05) is 13.2 Å². The van der Waals surface area contributed by atoms with Gasteiger partial charge >= 0.3 is 9.28 Å². The highest BCUT2D eigenvalue weighted by Gasteiger charge is 2.33. The van der Waals surface area contributed by atoms with Gasteiger partial charge in [-0.3, -0.25) is 0 Å². The quantitative estimate of drug-likeness (QED) is 0.723. The molecule has 1 atom stereocenters. The van der Waals surface area contributed by atoms with E-state index < -0.39 is 15.1 Å². The van der Waals surface area contributed by atoms with E-state index in [0.29, 0.717) is 25.7 Å². The molecule has 1 aromatic rings. The molecule has 0 amide bonds. The molecule has 0 saturated heterocycles. The van der Waals surface area contributed by atoms with E-state index in [1.807, 2.05) is 26.8 Å². The van der Waals surface area contributed by atoms with E-state index >= 15 is 0 Å². The summed E-state index contributed by atoms with van der Waals surface area (Å²) in [4.78, 5) is 0. The summed E-state index contributed by atoms with van der Waals surface area (Å²) in [6.07, 6.45) is 0.878. The highest BCUT2D eigenvalue weighted by molar-refractivity contribution is 6.61. The Hall–Kier alpha value is -0.883. The monoisotopic (exact) mass is 324 g/mol. The highest BCUT2D eigenvalue weighted by Crippen LogP contribution is 2.34. The van der Waals surface area contributed by atoms with Gasteiger partial charge in [-0.1, -0.05) is 19.9 Å². The van der Waals surface area contributed by atoms with Crippen LogP contribution < -0.4 is 9.92 Å². The van der Waals surface area contributed by atoms with Gasteiger partial charge in [0.2, 0.25) is 5.79 Å². The topological polar surface area (TPSA) is 36.9 Å². The van der Waals surface area contributed by atoms with Crippen molar-refractivity contribution in [3.8, 4) is 5.75 Å². The zero-order chi connectivity index (χ0) is 16.2. The first-order valence-corrected chi connectivity index (χ1v) is 9.68. The van der Waals surface area contributed by atoms with Crippen LogP contribution in [0.5, 0.6) is 5.75 Å². The van der Waals surface area contributed by atoms with E-state index in [4.69, 9.17) is 18.3 Å². The summed E-state index contributed by atoms with van der Waals surface area (Å²) >= 11 is 0. The lowest BCUT2D eigenvalue weighted by atomic mass is 10.0. The summed E-state index contributed by atoms with van der Waals surface area (Å²) in [6, 6.07) is 6.22. The Morgan fingerprint density at radius 1 is 1.23 bits per heavy atom. The third-order valence-electron chi connectivity index (χ3n) is 3.63. The van der Waals surface area contributed by atoms with Gasteiger partial charge in [0.25, 0.3) is 0 Å². The smallest absolute Gasteiger partial charge is 0.355 e. The fourth-order valence-corrected chi connectivity index (χ4v) is 4.51. The average molecular weight is 324 g/mol. The minimum absolute atomic E-state index is 0.526. The molecule has 0 aliphatic carbocycles. The number of hydrogen-bond donors (Lipinski definition) is 0. The van der Waals surface area contributed by atoms with Gasteiger partial charge in [-0.05, 0) is 37.1 Å². The molecule has 4 nitrogen and oxygen atoms in total. The lowest BCUT2D eigenvalue weighted by Gasteiger charge is -2.37. The summed E-state index contributed by atoms with van der Waals surface area (Å²) in [6.45, 7) is 12.3. The van der Waals surface area contributed by atoms with Crippen LogP contribution in [0.15, 0.2) is 18.2 Å². The van der Waals surface area contributed by atoms with Gasteiger partial charge in [-0.15, -0.1) is 0 Å². The zero-order valence-electron chi connectivity index (χ0n) is 14.3. The van der Waals surface area contributed by atoms with Gasteiger partial charge in [-0.25, -0.2) is 0 Å². The second kappa shape index (κ2) is 7.59. The molecule has 1 aliphatic rings. The lowest BCUT2D eigenvalue weighted by molar-refractivity contribution is -0.202. The summed E-state index contributed by atoms with van der Waals surface area (Å²) in [5.41, 5.74) is 1.08. The molecule has 0 aromatic heterocycles. The Morgan fingerprint density at radius 3 is 2.50 bits per heavy atom. The number of rotatable bonds is 7. The van der Waals surface area contributed by atoms with Crippen LogP contribution in [0.2, 0.25) is 0 Å². The van der Waals surface area contributed by atoms with E-state index in [-0.39, 0.29) is 0 Å². The molecule has 0 radical (unpaired) electrons. The van der Waals surface area contributed by atoms with Gasteiger partial charge in [-0.2, -0.15) is 0 Å². The molecular formula is C17H28O4Si. The number of ether oxygens (including phenoxy) is 2. The molecule has 0 spiro atoms. The Bertz CT molecular complexity index is 486. The standard InChI is InChI=1S/C17H28O4Si/c1-6-19-22(20-7-2)15-8-9-16-14(10-15)12-18-17(5,21-16)11-13(3)4/h8-10,13,22H,6-7,11-12H2,1-5H3. The normalized spacial score (nSPS) is 21.0. The molecule has 0 bridgehead atoms. The van der Waals surface area contributed by atoms with Gasteiger partial charge in [0.05, 0.1) is 6.61 Å². The number of fused-ring (bicyclic) bond motifs is 1. The van der Waals surface area contributed by atoms with E-state index in [1.165, 1.54) is 0 Å². The lowest BCUT2D eigenvalue weighted by Crippen LogP contribution is -2.41. The molecule has 0 saturated carbocycles. The summed E-state index contributed by atoms with van der Waals surface area (Å²) in [5, 5.41) is 1.14. The van der Waals surface area contributed by atoms with E-state index in [9.17, 15) is 0 Å². The molecule has 1 unspecified atom stereocenters. The molecule has 1 heterocycles. The summed E-state index contributed by atoms with van der Waals surface area (Å²) in [5.74, 6) is 0.914. The summed E-state index contributed by atoms with van der Waals surface area (Å²) < 4.78 is 23.6. The zero-order valence-corrected chi connectivity index (χ0v) is 15.5. The van der Waals surface area contributed by atoms with Crippen LogP contribution in [0.1, 0.15) is 46.6 Å². The predicted molar refractivity (Wildman–Crippen MR) is 89.8 cm³/mol. The Balaban J connectivity index is 2.16. The van der Waals surface area contributed by atoms with Crippen LogP contribution in [0.4, 0.5) is 0 Å². The highest BCUT2D eigenvalue weighted by atomic mass is 28.3. The van der Waals surface area contributed by atoms with Crippen molar-refractivity contribution in [1.82, 2.24) is 0 Å². The number of benzene rings is 1. The Morgan fingerprint density at radius 2 is 1.91 bits per heavy atom.